The number of hydrogen-bond acceptors (Lipinski definition) is 7. The number of quaternary nitrogens is 1. The van der Waals surface area contributed by atoms with Crippen LogP contribution < -0.4 is 5.11 Å². The number of ether oxygens (including phenoxy) is 3. The van der Waals surface area contributed by atoms with E-state index < -0.39 is 18.1 Å². The molecule has 8 nitrogen and oxygen atoms in total. The highest BCUT2D eigenvalue weighted by Crippen LogP contribution is 2.14. The third-order valence-electron chi connectivity index (χ3n) is 12.0. The van der Waals surface area contributed by atoms with Crippen LogP contribution in [0.2, 0.25) is 0 Å². The number of carboxylic acids is 1. The monoisotopic (exact) mass is 962 g/mol. The highest BCUT2D eigenvalue weighted by molar-refractivity contribution is 5.70. The number of allylic oxidation sites excluding steroid dienone is 16. The molecule has 0 aromatic heterocycles. The van der Waals surface area contributed by atoms with Gasteiger partial charge in [0.2, 0.25) is 0 Å². The van der Waals surface area contributed by atoms with Gasteiger partial charge in [0.05, 0.1) is 40.3 Å². The zero-order chi connectivity index (χ0) is 50.6. The molecular formula is C61H103NO7. The second-order valence-electron chi connectivity index (χ2n) is 19.4. The first-order valence-electron chi connectivity index (χ1n) is 27.8. The molecule has 0 bridgehead atoms. The Kier molecular flexibility index (Phi) is 47.9. The zero-order valence-corrected chi connectivity index (χ0v) is 44.9. The predicted octanol–water partition coefficient (Wildman–Crippen LogP) is 15.3. The lowest BCUT2D eigenvalue weighted by Gasteiger charge is -2.34. The minimum atomic E-state index is -1.13. The molecule has 8 heteroatoms. The third-order valence-corrected chi connectivity index (χ3v) is 12.0. The molecule has 394 valence electrons. The van der Waals surface area contributed by atoms with E-state index in [2.05, 4.69) is 111 Å². The summed E-state index contributed by atoms with van der Waals surface area (Å²) in [7, 11) is 5.40. The quantitative estimate of drug-likeness (QED) is 0.0259. The maximum atomic E-state index is 12.8. The Hall–Kier alpha value is -3.75. The van der Waals surface area contributed by atoms with E-state index in [-0.39, 0.29) is 49.1 Å². The summed E-state index contributed by atoms with van der Waals surface area (Å²) in [6.07, 6.45) is 68.8. The van der Waals surface area contributed by atoms with Crippen LogP contribution in [-0.2, 0) is 28.6 Å². The second-order valence-corrected chi connectivity index (χ2v) is 19.4. The molecule has 0 aliphatic rings. The molecule has 0 amide bonds. The van der Waals surface area contributed by atoms with Crippen molar-refractivity contribution in [2.24, 2.45) is 0 Å². The van der Waals surface area contributed by atoms with E-state index in [9.17, 15) is 19.5 Å². The number of hydrogen-bond donors (Lipinski definition) is 0. The summed E-state index contributed by atoms with van der Waals surface area (Å²) < 4.78 is 17.2. The number of esters is 2. The Labute approximate surface area is 424 Å². The van der Waals surface area contributed by atoms with Gasteiger partial charge in [-0.15, -0.1) is 0 Å². The third kappa shape index (κ3) is 49.0. The van der Waals surface area contributed by atoms with Crippen LogP contribution in [0.25, 0.3) is 0 Å². The second kappa shape index (κ2) is 50.6. The van der Waals surface area contributed by atoms with Crippen LogP contribution in [0, 0.1) is 0 Å². The lowest BCUT2D eigenvalue weighted by atomic mass is 10.1. The summed E-state index contributed by atoms with van der Waals surface area (Å²) in [6, 6.07) is -0.740. The molecule has 0 fully saturated rings. The minimum absolute atomic E-state index is 0.0187. The van der Waals surface area contributed by atoms with Crippen LogP contribution in [0.1, 0.15) is 219 Å². The molecule has 0 heterocycles. The van der Waals surface area contributed by atoms with Gasteiger partial charge in [-0.3, -0.25) is 9.59 Å². The summed E-state index contributed by atoms with van der Waals surface area (Å²) in [5.41, 5.74) is 0. The van der Waals surface area contributed by atoms with Crippen molar-refractivity contribution in [3.63, 3.8) is 0 Å². The number of carboxylic acid groups (broad SMARTS) is 1. The van der Waals surface area contributed by atoms with Crippen molar-refractivity contribution < 1.29 is 38.2 Å². The molecule has 0 aromatic carbocycles. The Morgan fingerprint density at radius 3 is 1.22 bits per heavy atom. The fourth-order valence-electron chi connectivity index (χ4n) is 7.69. The van der Waals surface area contributed by atoms with Gasteiger partial charge in [0.25, 0.3) is 0 Å². The van der Waals surface area contributed by atoms with Crippen molar-refractivity contribution >= 4 is 17.9 Å². The number of unbranched alkanes of at least 4 members (excludes halogenated alkanes) is 19. The van der Waals surface area contributed by atoms with E-state index in [1.54, 1.807) is 21.1 Å². The summed E-state index contributed by atoms with van der Waals surface area (Å²) in [4.78, 5) is 37.1. The van der Waals surface area contributed by atoms with Crippen LogP contribution in [-0.4, -0.2) is 75.5 Å². The first-order valence-corrected chi connectivity index (χ1v) is 27.8. The van der Waals surface area contributed by atoms with Crippen LogP contribution in [0.3, 0.4) is 0 Å². The van der Waals surface area contributed by atoms with E-state index >= 15 is 0 Å². The van der Waals surface area contributed by atoms with Gasteiger partial charge in [0.1, 0.15) is 12.6 Å². The average Bonchev–Trinajstić information content (AvgIpc) is 3.31. The Morgan fingerprint density at radius 2 is 0.812 bits per heavy atom. The van der Waals surface area contributed by atoms with Gasteiger partial charge in [-0.1, -0.05) is 201 Å². The van der Waals surface area contributed by atoms with Crippen molar-refractivity contribution in [3.05, 3.63) is 97.2 Å². The fraction of sp³-hybridized carbons (Fsp3) is 0.689. The van der Waals surface area contributed by atoms with E-state index in [1.807, 2.05) is 0 Å². The Bertz CT molecular complexity index is 1450. The van der Waals surface area contributed by atoms with Gasteiger partial charge in [-0.2, -0.15) is 0 Å². The standard InChI is InChI=1S/C61H103NO7/c1-6-8-10-12-14-16-18-20-22-24-26-28-30-32-33-35-37-39-41-43-45-47-49-51-59(63)68-56-57(55-67-54-53-58(61(65)66)62(3,4)5)69-60(64)52-50-48-46-44-42-40-38-36-34-31-29-27-25-23-21-19-17-15-13-11-9-7-2/h9,11,15,17,21,23,26-29,32-34,36,40,42,57-58H,6-8,10,12-14,16,18-20,22,24-25,30-31,35,37-39,41,43-56H2,1-5H3/b11-9+,17-15+,23-21+,28-26+,29-27+,33-32+,36-34+,42-40+. The molecule has 2 unspecified atom stereocenters. The van der Waals surface area contributed by atoms with E-state index in [1.165, 1.54) is 89.9 Å². The number of carbonyl (C=O) groups is 3. The molecule has 0 saturated heterocycles. The van der Waals surface area contributed by atoms with Gasteiger partial charge in [0, 0.05) is 19.3 Å². The minimum Gasteiger partial charge on any atom is -0.544 e. The summed E-state index contributed by atoms with van der Waals surface area (Å²) in [5, 5.41) is 11.7. The molecule has 2 atom stereocenters. The van der Waals surface area contributed by atoms with E-state index in [4.69, 9.17) is 14.2 Å². The Morgan fingerprint density at radius 1 is 0.449 bits per heavy atom. The van der Waals surface area contributed by atoms with Crippen LogP contribution in [0.15, 0.2) is 97.2 Å². The van der Waals surface area contributed by atoms with Crippen LogP contribution in [0.5, 0.6) is 0 Å². The molecule has 0 aliphatic carbocycles. The highest BCUT2D eigenvalue weighted by Gasteiger charge is 2.25. The normalized spacial score (nSPS) is 13.6. The molecule has 0 radical (unpaired) electrons. The summed E-state index contributed by atoms with van der Waals surface area (Å²) >= 11 is 0. The Balaban J connectivity index is 4.30. The number of aliphatic carboxylic acids is 1. The first kappa shape index (κ1) is 65.2. The number of likely N-dealkylation sites (N-methyl/N-ethyl adjacent to an activating group) is 1. The van der Waals surface area contributed by atoms with Crippen molar-refractivity contribution in [1.29, 1.82) is 0 Å². The average molecular weight is 962 g/mol. The molecule has 0 rings (SSSR count). The number of nitrogens with zero attached hydrogens (tertiary/aromatic N) is 1. The fourth-order valence-corrected chi connectivity index (χ4v) is 7.69. The molecule has 0 N–H and O–H groups in total. The summed E-state index contributed by atoms with van der Waals surface area (Å²) in [5.74, 6) is -1.79. The van der Waals surface area contributed by atoms with Crippen molar-refractivity contribution in [3.8, 4) is 0 Å². The zero-order valence-electron chi connectivity index (χ0n) is 44.9. The largest absolute Gasteiger partial charge is 0.544 e. The van der Waals surface area contributed by atoms with Gasteiger partial charge >= 0.3 is 11.9 Å². The molecule has 69 heavy (non-hydrogen) atoms. The van der Waals surface area contributed by atoms with Gasteiger partial charge in [-0.05, 0) is 96.3 Å². The summed E-state index contributed by atoms with van der Waals surface area (Å²) in [6.45, 7) is 4.51. The smallest absolute Gasteiger partial charge is 0.306 e. The van der Waals surface area contributed by atoms with Crippen LogP contribution in [0.4, 0.5) is 0 Å². The number of rotatable bonds is 49. The maximum absolute atomic E-state index is 12.8. The van der Waals surface area contributed by atoms with Gasteiger partial charge in [0.15, 0.2) is 6.10 Å². The SMILES string of the molecule is CC/C=C/C/C=C/C/C=C/C/C=C/C/C=C/C/C=C/CCCCCC(=O)OC(COCCC(C(=O)[O-])[N+](C)(C)C)COC(=O)CCCCCCCCC/C=C/C/C=C/CCCCCCCCCCC. The van der Waals surface area contributed by atoms with E-state index in [0.717, 1.165) is 89.9 Å². The lowest BCUT2D eigenvalue weighted by Crippen LogP contribution is -2.55. The van der Waals surface area contributed by atoms with Crippen molar-refractivity contribution in [2.75, 3.05) is 41.0 Å². The van der Waals surface area contributed by atoms with E-state index in [0.29, 0.717) is 12.8 Å². The first-order chi connectivity index (χ1) is 33.6. The molecule has 0 saturated carbocycles. The molecule has 0 aromatic rings. The highest BCUT2D eigenvalue weighted by atomic mass is 16.6. The van der Waals surface area contributed by atoms with Gasteiger partial charge in [-0.25, -0.2) is 0 Å². The molecule has 0 spiro atoms. The van der Waals surface area contributed by atoms with Crippen molar-refractivity contribution in [2.45, 2.75) is 231 Å². The maximum Gasteiger partial charge on any atom is 0.306 e. The topological polar surface area (TPSA) is 102 Å². The molecular weight excluding hydrogens is 859 g/mol. The molecule has 0 aliphatic heterocycles. The van der Waals surface area contributed by atoms with Crippen molar-refractivity contribution in [1.82, 2.24) is 0 Å². The number of carbonyl (C=O) groups excluding carboxylic acids is 3. The lowest BCUT2D eigenvalue weighted by molar-refractivity contribution is -0.889. The van der Waals surface area contributed by atoms with Crippen LogP contribution >= 0.6 is 0 Å². The predicted molar refractivity (Wildman–Crippen MR) is 291 cm³/mol. The van der Waals surface area contributed by atoms with Gasteiger partial charge < -0.3 is 28.6 Å².